The molecule has 2 unspecified atom stereocenters. The fourth-order valence-corrected chi connectivity index (χ4v) is 2.44. The van der Waals surface area contributed by atoms with E-state index in [1.807, 2.05) is 6.92 Å². The van der Waals surface area contributed by atoms with Crippen molar-refractivity contribution in [1.82, 2.24) is 10.2 Å². The third-order valence-corrected chi connectivity index (χ3v) is 4.07. The number of nitrogens with one attached hydrogen (secondary N) is 1. The van der Waals surface area contributed by atoms with Gasteiger partial charge in [-0.05, 0) is 26.4 Å². The zero-order valence-corrected chi connectivity index (χ0v) is 11.9. The molecule has 0 aromatic rings. The van der Waals surface area contributed by atoms with Crippen LogP contribution in [0.15, 0.2) is 0 Å². The van der Waals surface area contributed by atoms with Gasteiger partial charge in [0.05, 0.1) is 12.1 Å². The van der Waals surface area contributed by atoms with Crippen molar-refractivity contribution in [3.8, 4) is 0 Å². The van der Waals surface area contributed by atoms with Crippen molar-refractivity contribution in [2.75, 3.05) is 39.4 Å². The van der Waals surface area contributed by atoms with Crippen LogP contribution in [0.3, 0.4) is 0 Å². The van der Waals surface area contributed by atoms with Crippen molar-refractivity contribution in [3.63, 3.8) is 0 Å². The van der Waals surface area contributed by atoms with E-state index in [0.29, 0.717) is 6.61 Å². The molecule has 1 aliphatic heterocycles. The molecule has 1 fully saturated rings. The molecule has 1 aliphatic rings. The summed E-state index contributed by atoms with van der Waals surface area (Å²) in [7, 11) is 0. The van der Waals surface area contributed by atoms with Crippen molar-refractivity contribution in [1.29, 1.82) is 0 Å². The number of rotatable bonds is 8. The number of carbonyl (C=O) groups excluding carboxylic acids is 1. The lowest BCUT2D eigenvalue weighted by Gasteiger charge is -2.33. The summed E-state index contributed by atoms with van der Waals surface area (Å²) in [4.78, 5) is 14.0. The van der Waals surface area contributed by atoms with E-state index in [0.717, 1.165) is 39.2 Å². The molecule has 1 amide bonds. The van der Waals surface area contributed by atoms with E-state index < -0.39 is 5.54 Å². The molecule has 0 saturated carbocycles. The maximum Gasteiger partial charge on any atom is 0.237 e. The van der Waals surface area contributed by atoms with Crippen molar-refractivity contribution in [2.45, 2.75) is 32.7 Å². The predicted molar refractivity (Wildman–Crippen MR) is 72.3 cm³/mol. The maximum absolute atomic E-state index is 11.7. The van der Waals surface area contributed by atoms with Gasteiger partial charge in [-0.15, -0.1) is 0 Å². The highest BCUT2D eigenvalue weighted by molar-refractivity contribution is 5.84. The second-order valence-electron chi connectivity index (χ2n) is 5.08. The number of ether oxygens (including phenoxy) is 1. The van der Waals surface area contributed by atoms with E-state index in [9.17, 15) is 4.79 Å². The standard InChI is InChI=1S/C13H27N3O2/c1-4-16(5-2)8-7-15-13(3,12(14)17)11-6-9-18-10-11/h11,15H,4-10H2,1-3H3,(H2,14,17). The summed E-state index contributed by atoms with van der Waals surface area (Å²) in [6.45, 7) is 11.3. The molecule has 5 nitrogen and oxygen atoms in total. The Labute approximate surface area is 110 Å². The highest BCUT2D eigenvalue weighted by Crippen LogP contribution is 2.25. The van der Waals surface area contributed by atoms with Crippen molar-refractivity contribution < 1.29 is 9.53 Å². The lowest BCUT2D eigenvalue weighted by atomic mass is 9.84. The number of primary amides is 1. The first-order valence-corrected chi connectivity index (χ1v) is 6.89. The summed E-state index contributed by atoms with van der Waals surface area (Å²) >= 11 is 0. The van der Waals surface area contributed by atoms with Crippen molar-refractivity contribution in [3.05, 3.63) is 0 Å². The van der Waals surface area contributed by atoms with Crippen LogP contribution in [-0.4, -0.2) is 55.7 Å². The van der Waals surface area contributed by atoms with Crippen LogP contribution in [0.4, 0.5) is 0 Å². The molecule has 1 heterocycles. The van der Waals surface area contributed by atoms with Crippen LogP contribution in [0.2, 0.25) is 0 Å². The molecule has 5 heteroatoms. The van der Waals surface area contributed by atoms with Gasteiger partial charge in [-0.1, -0.05) is 13.8 Å². The summed E-state index contributed by atoms with van der Waals surface area (Å²) in [5.74, 6) is -0.0933. The third kappa shape index (κ3) is 3.67. The SMILES string of the molecule is CCN(CC)CCNC(C)(C(N)=O)C1CCOC1. The molecule has 3 N–H and O–H groups in total. The summed E-state index contributed by atoms with van der Waals surface area (Å²) < 4.78 is 5.37. The van der Waals surface area contributed by atoms with Crippen LogP contribution >= 0.6 is 0 Å². The first kappa shape index (κ1) is 15.4. The highest BCUT2D eigenvalue weighted by Gasteiger charge is 2.41. The van der Waals surface area contributed by atoms with Crippen LogP contribution in [0, 0.1) is 5.92 Å². The van der Waals surface area contributed by atoms with Crippen LogP contribution < -0.4 is 11.1 Å². The molecule has 1 rings (SSSR count). The van der Waals surface area contributed by atoms with E-state index >= 15 is 0 Å². The minimum Gasteiger partial charge on any atom is -0.381 e. The molecule has 2 atom stereocenters. The first-order valence-electron chi connectivity index (χ1n) is 6.89. The number of nitrogens with zero attached hydrogens (tertiary/aromatic N) is 1. The topological polar surface area (TPSA) is 67.6 Å². The van der Waals surface area contributed by atoms with E-state index in [1.165, 1.54) is 0 Å². The quantitative estimate of drug-likeness (QED) is 0.652. The van der Waals surface area contributed by atoms with E-state index in [2.05, 4.69) is 24.1 Å². The van der Waals surface area contributed by atoms with Crippen LogP contribution in [0.25, 0.3) is 0 Å². The van der Waals surface area contributed by atoms with Crippen LogP contribution in [-0.2, 0) is 9.53 Å². The monoisotopic (exact) mass is 257 g/mol. The average molecular weight is 257 g/mol. The predicted octanol–water partition coefficient (Wildman–Crippen LogP) is 0.198. The highest BCUT2D eigenvalue weighted by atomic mass is 16.5. The summed E-state index contributed by atoms with van der Waals surface area (Å²) in [6, 6.07) is 0. The number of hydrogen-bond donors (Lipinski definition) is 2. The number of carbonyl (C=O) groups is 1. The maximum atomic E-state index is 11.7. The Morgan fingerprint density at radius 1 is 1.50 bits per heavy atom. The first-order chi connectivity index (χ1) is 8.54. The van der Waals surface area contributed by atoms with Crippen LogP contribution in [0.1, 0.15) is 27.2 Å². The third-order valence-electron chi connectivity index (χ3n) is 4.07. The Hall–Kier alpha value is -0.650. The van der Waals surface area contributed by atoms with E-state index in [4.69, 9.17) is 10.5 Å². The lowest BCUT2D eigenvalue weighted by molar-refractivity contribution is -0.126. The Morgan fingerprint density at radius 2 is 2.17 bits per heavy atom. The summed E-state index contributed by atoms with van der Waals surface area (Å²) in [6.07, 6.45) is 0.901. The van der Waals surface area contributed by atoms with E-state index in [1.54, 1.807) is 0 Å². The normalized spacial score (nSPS) is 23.2. The van der Waals surface area contributed by atoms with Crippen LogP contribution in [0.5, 0.6) is 0 Å². The number of hydrogen-bond acceptors (Lipinski definition) is 4. The Balaban J connectivity index is 2.49. The second-order valence-corrected chi connectivity index (χ2v) is 5.08. The second kappa shape index (κ2) is 7.07. The molecule has 0 aromatic heterocycles. The van der Waals surface area contributed by atoms with Gasteiger partial charge in [0, 0.05) is 25.6 Å². The van der Waals surface area contributed by atoms with Gasteiger partial charge in [-0.25, -0.2) is 0 Å². The van der Waals surface area contributed by atoms with Gasteiger partial charge in [0.25, 0.3) is 0 Å². The average Bonchev–Trinajstić information content (AvgIpc) is 2.88. The zero-order chi connectivity index (χ0) is 13.6. The summed E-state index contributed by atoms with van der Waals surface area (Å²) in [5, 5.41) is 3.34. The molecule has 0 aromatic carbocycles. The molecule has 0 aliphatic carbocycles. The molecule has 0 bridgehead atoms. The Kier molecular flexibility index (Phi) is 6.05. The van der Waals surface area contributed by atoms with Gasteiger partial charge in [0.2, 0.25) is 5.91 Å². The fourth-order valence-electron chi connectivity index (χ4n) is 2.44. The van der Waals surface area contributed by atoms with Gasteiger partial charge < -0.3 is 20.7 Å². The van der Waals surface area contributed by atoms with Crippen molar-refractivity contribution in [2.24, 2.45) is 11.7 Å². The van der Waals surface area contributed by atoms with Gasteiger partial charge in [-0.3, -0.25) is 4.79 Å². The van der Waals surface area contributed by atoms with Crippen molar-refractivity contribution >= 4 is 5.91 Å². The zero-order valence-electron chi connectivity index (χ0n) is 11.9. The fraction of sp³-hybridized carbons (Fsp3) is 0.923. The summed E-state index contributed by atoms with van der Waals surface area (Å²) in [5.41, 5.74) is 4.91. The molecule has 0 radical (unpaired) electrons. The Morgan fingerprint density at radius 3 is 2.61 bits per heavy atom. The Bertz CT molecular complexity index is 263. The number of likely N-dealkylation sites (N-methyl/N-ethyl adjacent to an activating group) is 1. The van der Waals surface area contributed by atoms with Gasteiger partial charge in [0.15, 0.2) is 0 Å². The largest absolute Gasteiger partial charge is 0.381 e. The van der Waals surface area contributed by atoms with E-state index in [-0.39, 0.29) is 11.8 Å². The minimum atomic E-state index is -0.649. The minimum absolute atomic E-state index is 0.187. The smallest absolute Gasteiger partial charge is 0.237 e. The van der Waals surface area contributed by atoms with Gasteiger partial charge in [-0.2, -0.15) is 0 Å². The molecular weight excluding hydrogens is 230 g/mol. The van der Waals surface area contributed by atoms with Gasteiger partial charge in [0.1, 0.15) is 0 Å². The molecule has 18 heavy (non-hydrogen) atoms. The number of nitrogens with two attached hydrogens (primary N) is 1. The number of amides is 1. The lowest BCUT2D eigenvalue weighted by Crippen LogP contribution is -2.59. The molecular formula is C13H27N3O2. The molecule has 0 spiro atoms. The molecule has 1 saturated heterocycles. The van der Waals surface area contributed by atoms with Gasteiger partial charge >= 0.3 is 0 Å². The molecule has 106 valence electrons.